The first kappa shape index (κ1) is 18.8. The molecule has 1 fully saturated rings. The van der Waals surface area contributed by atoms with Crippen molar-refractivity contribution in [2.75, 3.05) is 36.8 Å². The summed E-state index contributed by atoms with van der Waals surface area (Å²) in [6.45, 7) is 9.86. The second kappa shape index (κ2) is 8.63. The Morgan fingerprint density at radius 1 is 0.962 bits per heavy atom. The average molecular weight is 369 g/mol. The van der Waals surface area contributed by atoms with Crippen LogP contribution in [0.2, 0.25) is 0 Å². The van der Waals surface area contributed by atoms with Crippen LogP contribution in [0.4, 0.5) is 5.69 Å². The fourth-order valence-corrected chi connectivity index (χ4v) is 4.19. The molecule has 0 unspecified atom stereocenters. The van der Waals surface area contributed by atoms with Crippen molar-refractivity contribution < 1.29 is 4.79 Å². The molecular weight excluding hydrogens is 340 g/mol. The quantitative estimate of drug-likeness (QED) is 0.729. The molecule has 0 aliphatic carbocycles. The predicted molar refractivity (Wildman–Crippen MR) is 111 cm³/mol. The molecule has 2 aromatic rings. The number of amides is 1. The second-order valence-corrected chi connectivity index (χ2v) is 8.22. The molecule has 3 rings (SSSR count). The molecule has 0 atom stereocenters. The highest BCUT2D eigenvalue weighted by atomic mass is 32.2. The van der Waals surface area contributed by atoms with Gasteiger partial charge in [-0.15, -0.1) is 11.8 Å². The maximum atomic E-state index is 12.5. The third-order valence-electron chi connectivity index (χ3n) is 5.06. The highest BCUT2D eigenvalue weighted by Gasteiger charge is 2.21. The fraction of sp³-hybridized carbons (Fsp3) is 0.409. The third kappa shape index (κ3) is 4.82. The zero-order valence-corrected chi connectivity index (χ0v) is 16.8. The minimum Gasteiger partial charge on any atom is -0.368 e. The van der Waals surface area contributed by atoms with Crippen molar-refractivity contribution in [3.8, 4) is 0 Å². The van der Waals surface area contributed by atoms with Crippen molar-refractivity contribution in [1.82, 2.24) is 4.90 Å². The number of aryl methyl sites for hydroxylation is 3. The van der Waals surface area contributed by atoms with Gasteiger partial charge < -0.3 is 9.80 Å². The largest absolute Gasteiger partial charge is 0.368 e. The van der Waals surface area contributed by atoms with Crippen LogP contribution >= 0.6 is 11.8 Å². The maximum Gasteiger partial charge on any atom is 0.223 e. The third-order valence-corrected chi connectivity index (χ3v) is 6.06. The van der Waals surface area contributed by atoms with Crippen molar-refractivity contribution >= 4 is 23.4 Å². The summed E-state index contributed by atoms with van der Waals surface area (Å²) in [5.74, 6) is 1.13. The zero-order valence-electron chi connectivity index (χ0n) is 16.0. The first-order valence-corrected chi connectivity index (χ1v) is 10.3. The lowest BCUT2D eigenvalue weighted by Gasteiger charge is -2.36. The average Bonchev–Trinajstić information content (AvgIpc) is 2.65. The Morgan fingerprint density at radius 3 is 2.42 bits per heavy atom. The summed E-state index contributed by atoms with van der Waals surface area (Å²) in [5, 5.41) is 0. The molecule has 1 aliphatic heterocycles. The molecule has 138 valence electrons. The topological polar surface area (TPSA) is 23.6 Å². The van der Waals surface area contributed by atoms with Crippen molar-refractivity contribution in [1.29, 1.82) is 0 Å². The van der Waals surface area contributed by atoms with Gasteiger partial charge in [-0.1, -0.05) is 18.2 Å². The Hall–Kier alpha value is -1.94. The molecule has 2 aromatic carbocycles. The van der Waals surface area contributed by atoms with E-state index in [1.807, 2.05) is 4.90 Å². The maximum absolute atomic E-state index is 12.5. The molecule has 0 bridgehead atoms. The molecule has 0 radical (unpaired) electrons. The summed E-state index contributed by atoms with van der Waals surface area (Å²) < 4.78 is 0. The lowest BCUT2D eigenvalue weighted by atomic mass is 10.1. The lowest BCUT2D eigenvalue weighted by Crippen LogP contribution is -2.48. The van der Waals surface area contributed by atoms with Crippen LogP contribution in [0, 0.1) is 20.8 Å². The SMILES string of the molecule is Cc1cccc(N2CCN(C(=O)CCSc3ccc(C)c(C)c3)CC2)c1. The first-order chi connectivity index (χ1) is 12.5. The minimum atomic E-state index is 0.283. The highest BCUT2D eigenvalue weighted by Crippen LogP contribution is 2.22. The molecule has 1 aliphatic rings. The Kier molecular flexibility index (Phi) is 6.25. The van der Waals surface area contributed by atoms with Gasteiger partial charge in [0, 0.05) is 48.9 Å². The van der Waals surface area contributed by atoms with Gasteiger partial charge in [0.25, 0.3) is 0 Å². The van der Waals surface area contributed by atoms with E-state index in [0.29, 0.717) is 6.42 Å². The van der Waals surface area contributed by atoms with Crippen molar-refractivity contribution in [3.63, 3.8) is 0 Å². The van der Waals surface area contributed by atoms with Gasteiger partial charge in [-0.05, 0) is 61.7 Å². The fourth-order valence-electron chi connectivity index (χ4n) is 3.26. The van der Waals surface area contributed by atoms with E-state index in [4.69, 9.17) is 0 Å². The Balaban J connectivity index is 1.44. The normalized spacial score (nSPS) is 14.6. The van der Waals surface area contributed by atoms with Crippen LogP contribution in [0.5, 0.6) is 0 Å². The van der Waals surface area contributed by atoms with Gasteiger partial charge in [-0.2, -0.15) is 0 Å². The van der Waals surface area contributed by atoms with Crippen molar-refractivity contribution in [2.45, 2.75) is 32.1 Å². The summed E-state index contributed by atoms with van der Waals surface area (Å²) in [6.07, 6.45) is 0.613. The summed E-state index contributed by atoms with van der Waals surface area (Å²) in [6, 6.07) is 15.1. The summed E-state index contributed by atoms with van der Waals surface area (Å²) in [4.78, 5) is 18.2. The van der Waals surface area contributed by atoms with Gasteiger partial charge in [0.2, 0.25) is 5.91 Å². The van der Waals surface area contributed by atoms with Gasteiger partial charge in [0.15, 0.2) is 0 Å². The number of carbonyl (C=O) groups excluding carboxylic acids is 1. The van der Waals surface area contributed by atoms with E-state index in [2.05, 4.69) is 68.1 Å². The van der Waals surface area contributed by atoms with E-state index in [0.717, 1.165) is 31.9 Å². The number of benzene rings is 2. The van der Waals surface area contributed by atoms with E-state index < -0.39 is 0 Å². The lowest BCUT2D eigenvalue weighted by molar-refractivity contribution is -0.131. The van der Waals surface area contributed by atoms with Crippen LogP contribution < -0.4 is 4.90 Å². The van der Waals surface area contributed by atoms with Gasteiger partial charge >= 0.3 is 0 Å². The molecule has 0 N–H and O–H groups in total. The smallest absolute Gasteiger partial charge is 0.223 e. The van der Waals surface area contributed by atoms with E-state index in [9.17, 15) is 4.79 Å². The Labute approximate surface area is 161 Å². The molecule has 1 saturated heterocycles. The molecule has 1 heterocycles. The summed E-state index contributed by atoms with van der Waals surface area (Å²) in [7, 11) is 0. The van der Waals surface area contributed by atoms with Gasteiger partial charge in [-0.25, -0.2) is 0 Å². The summed E-state index contributed by atoms with van der Waals surface area (Å²) >= 11 is 1.78. The second-order valence-electron chi connectivity index (χ2n) is 7.05. The predicted octanol–water partition coefficient (Wildman–Crippen LogP) is 4.44. The van der Waals surface area contributed by atoms with E-state index >= 15 is 0 Å². The van der Waals surface area contributed by atoms with Crippen LogP contribution in [-0.4, -0.2) is 42.7 Å². The molecule has 0 saturated carbocycles. The van der Waals surface area contributed by atoms with E-state index in [1.54, 1.807) is 11.8 Å². The number of hydrogen-bond donors (Lipinski definition) is 0. The zero-order chi connectivity index (χ0) is 18.5. The van der Waals surface area contributed by atoms with Gasteiger partial charge in [0.05, 0.1) is 0 Å². The molecule has 0 aromatic heterocycles. The molecule has 4 heteroatoms. The summed E-state index contributed by atoms with van der Waals surface area (Å²) in [5.41, 5.74) is 5.18. The molecular formula is C22H28N2OS. The van der Waals surface area contributed by atoms with Crippen LogP contribution in [0.25, 0.3) is 0 Å². The number of nitrogens with zero attached hydrogens (tertiary/aromatic N) is 2. The molecule has 3 nitrogen and oxygen atoms in total. The van der Waals surface area contributed by atoms with Crippen LogP contribution in [0.3, 0.4) is 0 Å². The first-order valence-electron chi connectivity index (χ1n) is 9.32. The van der Waals surface area contributed by atoms with Gasteiger partial charge in [0.1, 0.15) is 0 Å². The number of rotatable bonds is 5. The van der Waals surface area contributed by atoms with E-state index in [-0.39, 0.29) is 5.91 Å². The van der Waals surface area contributed by atoms with Crippen LogP contribution in [0.15, 0.2) is 47.4 Å². The molecule has 1 amide bonds. The highest BCUT2D eigenvalue weighted by molar-refractivity contribution is 7.99. The Bertz CT molecular complexity index is 766. The van der Waals surface area contributed by atoms with Crippen molar-refractivity contribution in [3.05, 3.63) is 59.2 Å². The Morgan fingerprint density at radius 2 is 1.73 bits per heavy atom. The van der Waals surface area contributed by atoms with Gasteiger partial charge in [-0.3, -0.25) is 4.79 Å². The van der Waals surface area contributed by atoms with Crippen LogP contribution in [0.1, 0.15) is 23.1 Å². The minimum absolute atomic E-state index is 0.283. The number of anilines is 1. The van der Waals surface area contributed by atoms with Crippen LogP contribution in [-0.2, 0) is 4.79 Å². The monoisotopic (exact) mass is 368 g/mol. The molecule has 26 heavy (non-hydrogen) atoms. The number of hydrogen-bond acceptors (Lipinski definition) is 3. The number of piperazine rings is 1. The molecule has 0 spiro atoms. The van der Waals surface area contributed by atoms with E-state index in [1.165, 1.54) is 27.3 Å². The van der Waals surface area contributed by atoms with Crippen molar-refractivity contribution in [2.24, 2.45) is 0 Å². The number of thioether (sulfide) groups is 1. The number of carbonyl (C=O) groups is 1. The standard InChI is InChI=1S/C22H28N2OS/c1-17-5-4-6-20(15-17)23-10-12-24(13-11-23)22(25)9-14-26-21-8-7-18(2)19(3)16-21/h4-8,15-16H,9-14H2,1-3H3.